The fourth-order valence-corrected chi connectivity index (χ4v) is 6.38. The van der Waals surface area contributed by atoms with Crippen molar-refractivity contribution in [2.45, 2.75) is 26.0 Å². The third-order valence-electron chi connectivity index (χ3n) is 2.10. The fraction of sp³-hybridized carbons (Fsp3) is 1.00. The molecule has 0 aliphatic rings. The summed E-state index contributed by atoms with van der Waals surface area (Å²) >= 11 is -10.9. The molecule has 0 aromatic rings. The third-order valence-corrected chi connectivity index (χ3v) is 10.0. The van der Waals surface area contributed by atoms with Gasteiger partial charge in [-0.2, -0.15) is 0 Å². The van der Waals surface area contributed by atoms with Crippen LogP contribution < -0.4 is 0 Å². The first-order valence-electron chi connectivity index (χ1n) is 3.90. The molecule has 0 atom stereocenters. The van der Waals surface area contributed by atoms with Crippen LogP contribution in [-0.2, 0) is 0 Å². The van der Waals surface area contributed by atoms with Crippen LogP contribution in [0.3, 0.4) is 0 Å². The van der Waals surface area contributed by atoms with Crippen LogP contribution in [0.1, 0.15) is 0 Å². The Morgan fingerprint density at radius 3 is 0.650 bits per heavy atom. The zero-order valence-corrected chi connectivity index (χ0v) is 10.4. The molecule has 0 amide bonds. The molecule has 0 radical (unpaired) electrons. The Balaban J connectivity index is 6.83. The third kappa shape index (κ3) is 2.43. The summed E-state index contributed by atoms with van der Waals surface area (Å²) in [4.78, 5) is 0. The molecule has 0 saturated heterocycles. The molecule has 0 spiro atoms. The molecular weight excluding hydrogens is 399 g/mol. The monoisotopic (exact) mass is 400 g/mol. The molecule has 0 fully saturated rings. The summed E-state index contributed by atoms with van der Waals surface area (Å²) in [5.74, 6) is 0. The van der Waals surface area contributed by atoms with Crippen molar-refractivity contribution in [3.63, 3.8) is 0 Å². The van der Waals surface area contributed by atoms with E-state index in [1.54, 1.807) is 0 Å². The van der Waals surface area contributed by atoms with Crippen molar-refractivity contribution >= 4 is 13.3 Å². The molecule has 0 aliphatic carbocycles. The molecule has 15 heteroatoms. The zero-order valence-electron chi connectivity index (χ0n) is 8.29. The second kappa shape index (κ2) is 4.53. The van der Waals surface area contributed by atoms with Gasteiger partial charge >= 0.3 is 101 Å². The Morgan fingerprint density at radius 1 is 0.400 bits per heavy atom. The second-order valence-corrected chi connectivity index (χ2v) is 11.3. The van der Waals surface area contributed by atoms with E-state index in [0.29, 0.717) is 0 Å². The van der Waals surface area contributed by atoms with E-state index in [1.165, 1.54) is 0 Å². The van der Waals surface area contributed by atoms with E-state index in [1.807, 2.05) is 0 Å². The average molecular weight is 399 g/mol. The van der Waals surface area contributed by atoms with Crippen molar-refractivity contribution in [1.29, 1.82) is 0 Å². The van der Waals surface area contributed by atoms with Gasteiger partial charge in [-0.05, 0) is 0 Å². The first-order chi connectivity index (χ1) is 8.25. The Hall–Kier alpha value is -0.437. The minimum absolute atomic E-state index is 7.66. The van der Waals surface area contributed by atoms with Gasteiger partial charge in [0, 0.05) is 0 Å². The van der Waals surface area contributed by atoms with Gasteiger partial charge in [-0.3, -0.25) is 0 Å². The van der Waals surface area contributed by atoms with Crippen LogP contribution in [0.4, 0.5) is 61.5 Å². The topological polar surface area (TPSA) is 0 Å². The molecule has 0 saturated carbocycles. The number of hydrogen-bond acceptors (Lipinski definition) is 0. The quantitative estimate of drug-likeness (QED) is 0.451. The number of halogens is 14. The molecular formula is C5F14Ge. The summed E-state index contributed by atoms with van der Waals surface area (Å²) in [6.07, 6.45) is -7.66. The van der Waals surface area contributed by atoms with Crippen LogP contribution in [0.15, 0.2) is 0 Å². The van der Waals surface area contributed by atoms with E-state index in [2.05, 4.69) is 0 Å². The van der Waals surface area contributed by atoms with Gasteiger partial charge in [0.1, 0.15) is 0 Å². The Bertz CT molecular complexity index is 314. The van der Waals surface area contributed by atoms with E-state index in [9.17, 15) is 61.5 Å². The molecule has 0 rings (SSSR count). The van der Waals surface area contributed by atoms with Gasteiger partial charge < -0.3 is 0 Å². The zero-order chi connectivity index (χ0) is 17.0. The molecule has 0 unspecified atom stereocenters. The summed E-state index contributed by atoms with van der Waals surface area (Å²) in [6, 6.07) is 0. The van der Waals surface area contributed by atoms with Crippen molar-refractivity contribution in [2.75, 3.05) is 0 Å². The molecule has 0 aromatic carbocycles. The summed E-state index contributed by atoms with van der Waals surface area (Å²) in [7, 11) is 0. The van der Waals surface area contributed by atoms with Gasteiger partial charge in [0.15, 0.2) is 0 Å². The normalized spacial score (nSPS) is 16.5. The van der Waals surface area contributed by atoms with Gasteiger partial charge in [0.2, 0.25) is 0 Å². The van der Waals surface area contributed by atoms with Crippen LogP contribution in [0, 0.1) is 0 Å². The van der Waals surface area contributed by atoms with Gasteiger partial charge in [-0.15, -0.1) is 0 Å². The van der Waals surface area contributed by atoms with Crippen molar-refractivity contribution in [3.05, 3.63) is 0 Å². The summed E-state index contributed by atoms with van der Waals surface area (Å²) in [5.41, 5.74) is 0. The maximum atomic E-state index is 12.5. The number of hydrogen-bond donors (Lipinski definition) is 0. The van der Waals surface area contributed by atoms with Crippen LogP contribution in [0.2, 0.25) is 0 Å². The second-order valence-electron chi connectivity index (χ2n) is 3.32. The predicted octanol–water partition coefficient (Wildman–Crippen LogP) is 4.48. The van der Waals surface area contributed by atoms with E-state index >= 15 is 0 Å². The predicted molar refractivity (Wildman–Crippen MR) is 34.9 cm³/mol. The van der Waals surface area contributed by atoms with Crippen molar-refractivity contribution in [3.8, 4) is 0 Å². The van der Waals surface area contributed by atoms with Gasteiger partial charge in [0.25, 0.3) is 0 Å². The van der Waals surface area contributed by atoms with E-state index in [0.717, 1.165) is 0 Å². The van der Waals surface area contributed by atoms with Crippen LogP contribution in [0.25, 0.3) is 0 Å². The van der Waals surface area contributed by atoms with Crippen LogP contribution >= 0.6 is 0 Å². The Morgan fingerprint density at radius 2 is 0.600 bits per heavy atom. The van der Waals surface area contributed by atoms with E-state index in [-0.39, 0.29) is 0 Å². The minimum atomic E-state index is -10.9. The molecule has 0 heterocycles. The molecule has 0 aromatic heterocycles. The average Bonchev–Trinajstić information content (AvgIpc) is 1.89. The fourth-order valence-electron chi connectivity index (χ4n) is 1.23. The van der Waals surface area contributed by atoms with Crippen molar-refractivity contribution in [1.82, 2.24) is 0 Å². The molecule has 0 N–H and O–H groups in total. The summed E-state index contributed by atoms with van der Waals surface area (Å²) in [5, 5.41) is -23.4. The summed E-state index contributed by atoms with van der Waals surface area (Å²) < 4.78 is 161. The molecule has 20 heavy (non-hydrogen) atoms. The van der Waals surface area contributed by atoms with E-state index < -0.39 is 39.2 Å². The van der Waals surface area contributed by atoms with Gasteiger partial charge in [-0.1, -0.05) is 0 Å². The molecule has 0 nitrogen and oxygen atoms in total. The van der Waals surface area contributed by atoms with Gasteiger partial charge in [0.05, 0.1) is 0 Å². The Labute approximate surface area is 102 Å². The molecule has 0 bridgehead atoms. The molecule has 0 aliphatic heterocycles. The number of alkyl halides is 14. The van der Waals surface area contributed by atoms with Gasteiger partial charge in [-0.25, -0.2) is 0 Å². The molecule has 122 valence electrons. The SMILES string of the molecule is FC(F)(F)[C](F)(F)[Ge]([C](F)(F)F)([C](F)(F)F)[C](F)(F)F. The number of rotatable bonds is 1. The first kappa shape index (κ1) is 19.6. The first-order valence-corrected chi connectivity index (χ1v) is 8.09. The Kier molecular flexibility index (Phi) is 4.43. The van der Waals surface area contributed by atoms with Crippen molar-refractivity contribution in [2.24, 2.45) is 0 Å². The summed E-state index contributed by atoms with van der Waals surface area (Å²) in [6.45, 7) is 0. The van der Waals surface area contributed by atoms with Crippen LogP contribution in [-0.4, -0.2) is 39.2 Å². The standard InChI is InChI=1S/C5F14Ge/c6-1(7,8)2(9,10)20(3(11,12)13,4(14,15)16)5(17,18)19. The van der Waals surface area contributed by atoms with Crippen molar-refractivity contribution < 1.29 is 61.5 Å². The van der Waals surface area contributed by atoms with Crippen LogP contribution in [0.5, 0.6) is 0 Å². The van der Waals surface area contributed by atoms with E-state index in [4.69, 9.17) is 0 Å². The maximum absolute atomic E-state index is 12.5.